The second-order valence-electron chi connectivity index (χ2n) is 5.74. The lowest BCUT2D eigenvalue weighted by Crippen LogP contribution is -2.45. The minimum atomic E-state index is 0.119. The first-order chi connectivity index (χ1) is 9.11. The molecule has 1 saturated heterocycles. The van der Waals surface area contributed by atoms with Crippen molar-refractivity contribution in [3.63, 3.8) is 0 Å². The van der Waals surface area contributed by atoms with Crippen molar-refractivity contribution in [3.05, 3.63) is 11.7 Å². The Morgan fingerprint density at radius 2 is 2.16 bits per heavy atom. The summed E-state index contributed by atoms with van der Waals surface area (Å²) in [6, 6.07) is 1.27. The Bertz CT molecular complexity index is 391. The molecule has 1 aromatic rings. The van der Waals surface area contributed by atoms with Gasteiger partial charge < -0.3 is 9.84 Å². The minimum Gasteiger partial charge on any atom is -0.338 e. The number of piperidine rings is 1. The van der Waals surface area contributed by atoms with Gasteiger partial charge in [0, 0.05) is 18.5 Å². The monoisotopic (exact) mass is 266 g/mol. The normalized spacial score (nSPS) is 22.9. The molecule has 108 valence electrons. The van der Waals surface area contributed by atoms with Gasteiger partial charge in [0.05, 0.1) is 6.04 Å². The van der Waals surface area contributed by atoms with Crippen LogP contribution in [-0.2, 0) is 6.42 Å². The molecule has 0 spiro atoms. The SMILES string of the molecule is CNC(C)c1nc(CC2CCCCN2C(C)C)no1. The smallest absolute Gasteiger partial charge is 0.243 e. The van der Waals surface area contributed by atoms with E-state index in [0.29, 0.717) is 18.0 Å². The van der Waals surface area contributed by atoms with Crippen molar-refractivity contribution in [2.24, 2.45) is 0 Å². The van der Waals surface area contributed by atoms with Crippen LogP contribution in [0.15, 0.2) is 4.52 Å². The first-order valence-corrected chi connectivity index (χ1v) is 7.37. The molecule has 0 radical (unpaired) electrons. The van der Waals surface area contributed by atoms with Crippen LogP contribution in [0.25, 0.3) is 0 Å². The lowest BCUT2D eigenvalue weighted by atomic mass is 9.97. The first-order valence-electron chi connectivity index (χ1n) is 7.37. The van der Waals surface area contributed by atoms with Gasteiger partial charge in [0.2, 0.25) is 5.89 Å². The van der Waals surface area contributed by atoms with E-state index in [1.54, 1.807) is 0 Å². The molecule has 5 heteroatoms. The third kappa shape index (κ3) is 3.54. The molecule has 5 nitrogen and oxygen atoms in total. The summed E-state index contributed by atoms with van der Waals surface area (Å²) in [5.74, 6) is 1.53. The van der Waals surface area contributed by atoms with E-state index in [1.165, 1.54) is 25.8 Å². The van der Waals surface area contributed by atoms with Gasteiger partial charge in [-0.3, -0.25) is 4.90 Å². The summed E-state index contributed by atoms with van der Waals surface area (Å²) in [5.41, 5.74) is 0. The standard InChI is InChI=1S/C14H26N4O/c1-10(2)18-8-6-5-7-12(18)9-13-16-14(19-17-13)11(3)15-4/h10-12,15H,5-9H2,1-4H3. The highest BCUT2D eigenvalue weighted by Crippen LogP contribution is 2.22. The Kier molecular flexibility index (Phi) is 4.93. The van der Waals surface area contributed by atoms with Crippen LogP contribution in [0.5, 0.6) is 0 Å². The third-order valence-electron chi connectivity index (χ3n) is 4.04. The Morgan fingerprint density at radius 3 is 2.84 bits per heavy atom. The molecule has 1 N–H and O–H groups in total. The molecule has 0 aliphatic carbocycles. The summed E-state index contributed by atoms with van der Waals surface area (Å²) in [6.07, 6.45) is 4.76. The van der Waals surface area contributed by atoms with E-state index in [9.17, 15) is 0 Å². The fraction of sp³-hybridized carbons (Fsp3) is 0.857. The summed E-state index contributed by atoms with van der Waals surface area (Å²) < 4.78 is 5.31. The number of likely N-dealkylation sites (tertiary alicyclic amines) is 1. The van der Waals surface area contributed by atoms with Crippen molar-refractivity contribution in [3.8, 4) is 0 Å². The van der Waals surface area contributed by atoms with Crippen molar-refractivity contribution >= 4 is 0 Å². The summed E-state index contributed by atoms with van der Waals surface area (Å²) in [6.45, 7) is 7.75. The molecule has 2 unspecified atom stereocenters. The van der Waals surface area contributed by atoms with Crippen molar-refractivity contribution in [2.45, 2.75) is 64.6 Å². The van der Waals surface area contributed by atoms with Crippen molar-refractivity contribution < 1.29 is 4.52 Å². The van der Waals surface area contributed by atoms with E-state index in [0.717, 1.165) is 12.2 Å². The molecule has 1 fully saturated rings. The van der Waals surface area contributed by atoms with Crippen molar-refractivity contribution in [1.29, 1.82) is 0 Å². The molecular formula is C14H26N4O. The fourth-order valence-corrected chi connectivity index (χ4v) is 2.78. The predicted octanol–water partition coefficient (Wildman–Crippen LogP) is 2.16. The second-order valence-corrected chi connectivity index (χ2v) is 5.74. The van der Waals surface area contributed by atoms with E-state index in [4.69, 9.17) is 4.52 Å². The van der Waals surface area contributed by atoms with Crippen LogP contribution in [-0.4, -0.2) is 40.7 Å². The molecule has 0 amide bonds. The summed E-state index contributed by atoms with van der Waals surface area (Å²) in [5, 5.41) is 7.24. The molecule has 0 bridgehead atoms. The lowest BCUT2D eigenvalue weighted by Gasteiger charge is -2.38. The van der Waals surface area contributed by atoms with Gasteiger partial charge in [-0.2, -0.15) is 4.98 Å². The Balaban J connectivity index is 2.00. The number of aromatic nitrogens is 2. The lowest BCUT2D eigenvalue weighted by molar-refractivity contribution is 0.110. The van der Waals surface area contributed by atoms with Crippen LogP contribution < -0.4 is 5.32 Å². The number of nitrogens with zero attached hydrogens (tertiary/aromatic N) is 3. The number of hydrogen-bond acceptors (Lipinski definition) is 5. The zero-order valence-electron chi connectivity index (χ0n) is 12.5. The Labute approximate surface area is 115 Å². The van der Waals surface area contributed by atoms with Gasteiger partial charge in [0.25, 0.3) is 0 Å². The average molecular weight is 266 g/mol. The van der Waals surface area contributed by atoms with Gasteiger partial charge in [-0.15, -0.1) is 0 Å². The molecule has 1 aliphatic rings. The van der Waals surface area contributed by atoms with Gasteiger partial charge in [-0.25, -0.2) is 0 Å². The number of nitrogens with one attached hydrogen (secondary N) is 1. The van der Waals surface area contributed by atoms with E-state index in [1.807, 2.05) is 14.0 Å². The molecule has 2 atom stereocenters. The van der Waals surface area contributed by atoms with E-state index in [2.05, 4.69) is 34.2 Å². The number of rotatable bonds is 5. The zero-order valence-corrected chi connectivity index (χ0v) is 12.5. The highest BCUT2D eigenvalue weighted by molar-refractivity contribution is 4.95. The van der Waals surface area contributed by atoms with Crippen molar-refractivity contribution in [2.75, 3.05) is 13.6 Å². The van der Waals surface area contributed by atoms with Crippen LogP contribution in [0.4, 0.5) is 0 Å². The molecular weight excluding hydrogens is 240 g/mol. The van der Waals surface area contributed by atoms with E-state index >= 15 is 0 Å². The van der Waals surface area contributed by atoms with Crippen LogP contribution in [0.3, 0.4) is 0 Å². The minimum absolute atomic E-state index is 0.119. The first kappa shape index (κ1) is 14.5. The Hall–Kier alpha value is -0.940. The molecule has 2 heterocycles. The van der Waals surface area contributed by atoms with Gasteiger partial charge in [0.1, 0.15) is 0 Å². The highest BCUT2D eigenvalue weighted by Gasteiger charge is 2.26. The van der Waals surface area contributed by atoms with Gasteiger partial charge in [-0.1, -0.05) is 11.6 Å². The van der Waals surface area contributed by atoms with Gasteiger partial charge in [-0.05, 0) is 47.2 Å². The van der Waals surface area contributed by atoms with Gasteiger partial charge in [0.15, 0.2) is 5.82 Å². The Morgan fingerprint density at radius 1 is 1.37 bits per heavy atom. The van der Waals surface area contributed by atoms with Crippen LogP contribution >= 0.6 is 0 Å². The maximum Gasteiger partial charge on any atom is 0.243 e. The summed E-state index contributed by atoms with van der Waals surface area (Å²) in [4.78, 5) is 7.07. The largest absolute Gasteiger partial charge is 0.338 e. The molecule has 0 aromatic carbocycles. The third-order valence-corrected chi connectivity index (χ3v) is 4.04. The second kappa shape index (κ2) is 6.48. The topological polar surface area (TPSA) is 54.2 Å². The van der Waals surface area contributed by atoms with Crippen LogP contribution in [0.1, 0.15) is 57.8 Å². The van der Waals surface area contributed by atoms with E-state index in [-0.39, 0.29) is 6.04 Å². The maximum absolute atomic E-state index is 5.31. The summed E-state index contributed by atoms with van der Waals surface area (Å²) >= 11 is 0. The van der Waals surface area contributed by atoms with E-state index < -0.39 is 0 Å². The predicted molar refractivity (Wildman–Crippen MR) is 75.0 cm³/mol. The quantitative estimate of drug-likeness (QED) is 0.885. The van der Waals surface area contributed by atoms with Gasteiger partial charge >= 0.3 is 0 Å². The molecule has 19 heavy (non-hydrogen) atoms. The number of hydrogen-bond donors (Lipinski definition) is 1. The average Bonchev–Trinajstić information content (AvgIpc) is 2.86. The zero-order chi connectivity index (χ0) is 13.8. The molecule has 2 rings (SSSR count). The van der Waals surface area contributed by atoms with Crippen molar-refractivity contribution in [1.82, 2.24) is 20.4 Å². The maximum atomic E-state index is 5.31. The molecule has 0 saturated carbocycles. The van der Waals surface area contributed by atoms with Crippen LogP contribution in [0, 0.1) is 0 Å². The fourth-order valence-electron chi connectivity index (χ4n) is 2.78. The highest BCUT2D eigenvalue weighted by atomic mass is 16.5. The van der Waals surface area contributed by atoms with Crippen LogP contribution in [0.2, 0.25) is 0 Å². The summed E-state index contributed by atoms with van der Waals surface area (Å²) in [7, 11) is 1.90. The molecule has 1 aliphatic heterocycles. The molecule has 1 aromatic heterocycles.